The van der Waals surface area contributed by atoms with Crippen LogP contribution < -0.4 is 0 Å². The molecule has 1 atom stereocenters. The number of hydrogen-bond donors (Lipinski definition) is 1. The molecular weight excluding hydrogens is 202 g/mol. The fourth-order valence-electron chi connectivity index (χ4n) is 1.37. The van der Waals surface area contributed by atoms with Crippen molar-refractivity contribution in [2.75, 3.05) is 20.1 Å². The third kappa shape index (κ3) is 2.10. The molecule has 0 aromatic carbocycles. The zero-order valence-electron chi connectivity index (χ0n) is 7.80. The maximum Gasteiger partial charge on any atom is 0.231 e. The third-order valence-electron chi connectivity index (χ3n) is 2.15. The smallest absolute Gasteiger partial charge is 0.231 e. The summed E-state index contributed by atoms with van der Waals surface area (Å²) in [6.45, 7) is 1.61. The molecule has 76 valence electrons. The van der Waals surface area contributed by atoms with E-state index in [-0.39, 0.29) is 11.0 Å². The minimum atomic E-state index is -0.0497. The number of hydrogen-bond acceptors (Lipinski definition) is 6. The van der Waals surface area contributed by atoms with Gasteiger partial charge in [0, 0.05) is 19.5 Å². The average molecular weight is 213 g/mol. The van der Waals surface area contributed by atoms with Crippen molar-refractivity contribution >= 4 is 17.5 Å². The van der Waals surface area contributed by atoms with E-state index < -0.39 is 0 Å². The van der Waals surface area contributed by atoms with Gasteiger partial charge in [-0.1, -0.05) is 11.8 Å². The predicted molar refractivity (Wildman–Crippen MR) is 50.9 cm³/mol. The molecular formula is C7H11N5OS. The molecule has 1 saturated heterocycles. The average Bonchev–Trinajstić information content (AvgIpc) is 2.64. The largest absolute Gasteiger partial charge is 0.304 e. The molecule has 0 amide bonds. The number of thioether (sulfide) groups is 1. The van der Waals surface area contributed by atoms with Gasteiger partial charge in [0.05, 0.1) is 5.25 Å². The van der Waals surface area contributed by atoms with Crippen LogP contribution in [0.4, 0.5) is 0 Å². The van der Waals surface area contributed by atoms with Crippen molar-refractivity contribution < 1.29 is 4.79 Å². The molecule has 1 aliphatic rings. The summed E-state index contributed by atoms with van der Waals surface area (Å²) in [6.07, 6.45) is 0.617. The Morgan fingerprint density at radius 1 is 1.64 bits per heavy atom. The number of H-pyrrole nitrogens is 1. The third-order valence-corrected chi connectivity index (χ3v) is 3.23. The predicted octanol–water partition coefficient (Wildman–Crippen LogP) is -0.435. The van der Waals surface area contributed by atoms with Crippen molar-refractivity contribution in [2.24, 2.45) is 0 Å². The van der Waals surface area contributed by atoms with Crippen LogP contribution in [0.1, 0.15) is 6.42 Å². The van der Waals surface area contributed by atoms with Crippen LogP contribution in [0, 0.1) is 0 Å². The lowest BCUT2D eigenvalue weighted by Crippen LogP contribution is -2.40. The van der Waals surface area contributed by atoms with Gasteiger partial charge in [-0.3, -0.25) is 4.79 Å². The van der Waals surface area contributed by atoms with Gasteiger partial charge >= 0.3 is 0 Å². The first-order valence-corrected chi connectivity index (χ1v) is 5.25. The number of carbonyl (C=O) groups is 1. The second-order valence-electron chi connectivity index (χ2n) is 3.28. The fraction of sp³-hybridized carbons (Fsp3) is 0.714. The maximum absolute atomic E-state index is 11.5. The summed E-state index contributed by atoms with van der Waals surface area (Å²) in [4.78, 5) is 13.7. The van der Waals surface area contributed by atoms with Gasteiger partial charge in [-0.2, -0.15) is 5.21 Å². The first kappa shape index (κ1) is 9.60. The van der Waals surface area contributed by atoms with Gasteiger partial charge in [-0.05, 0) is 12.3 Å². The van der Waals surface area contributed by atoms with Crippen molar-refractivity contribution in [3.63, 3.8) is 0 Å². The van der Waals surface area contributed by atoms with Gasteiger partial charge in [0.25, 0.3) is 0 Å². The van der Waals surface area contributed by atoms with Crippen LogP contribution in [0.2, 0.25) is 0 Å². The highest BCUT2D eigenvalue weighted by molar-refractivity contribution is 8.00. The van der Waals surface area contributed by atoms with Gasteiger partial charge in [-0.25, -0.2) is 0 Å². The van der Waals surface area contributed by atoms with Crippen LogP contribution in [-0.2, 0) is 4.79 Å². The second-order valence-corrected chi connectivity index (χ2v) is 4.45. The number of tetrazole rings is 1. The highest BCUT2D eigenvalue weighted by atomic mass is 32.2. The van der Waals surface area contributed by atoms with E-state index in [2.05, 4.69) is 25.5 Å². The van der Waals surface area contributed by atoms with E-state index in [9.17, 15) is 4.79 Å². The Balaban J connectivity index is 1.99. The molecule has 1 aromatic rings. The van der Waals surface area contributed by atoms with E-state index in [1.165, 1.54) is 11.8 Å². The summed E-state index contributed by atoms with van der Waals surface area (Å²) >= 11 is 1.38. The lowest BCUT2D eigenvalue weighted by Gasteiger charge is -2.26. The van der Waals surface area contributed by atoms with Crippen molar-refractivity contribution in [1.82, 2.24) is 25.5 Å². The van der Waals surface area contributed by atoms with E-state index in [0.717, 1.165) is 13.1 Å². The first-order valence-electron chi connectivity index (χ1n) is 4.37. The molecule has 2 heterocycles. The summed E-state index contributed by atoms with van der Waals surface area (Å²) in [5.41, 5.74) is 0. The van der Waals surface area contributed by atoms with Gasteiger partial charge in [0.2, 0.25) is 5.16 Å². The molecule has 0 bridgehead atoms. The summed E-state index contributed by atoms with van der Waals surface area (Å²) in [7, 11) is 2.01. The minimum Gasteiger partial charge on any atom is -0.304 e. The van der Waals surface area contributed by atoms with Crippen LogP contribution in [0.5, 0.6) is 0 Å². The Kier molecular flexibility index (Phi) is 2.78. The molecule has 1 fully saturated rings. The van der Waals surface area contributed by atoms with Crippen LogP contribution in [0.3, 0.4) is 0 Å². The van der Waals surface area contributed by atoms with E-state index in [1.54, 1.807) is 0 Å². The molecule has 0 radical (unpaired) electrons. The zero-order valence-corrected chi connectivity index (χ0v) is 8.62. The lowest BCUT2D eigenvalue weighted by atomic mass is 10.1. The molecule has 0 aliphatic carbocycles. The molecule has 2 rings (SSSR count). The fourth-order valence-corrected chi connectivity index (χ4v) is 2.39. The van der Waals surface area contributed by atoms with E-state index in [1.807, 2.05) is 7.05 Å². The van der Waals surface area contributed by atoms with Crippen LogP contribution in [-0.4, -0.2) is 56.7 Å². The Morgan fingerprint density at radius 3 is 3.21 bits per heavy atom. The number of nitrogens with zero attached hydrogens (tertiary/aromatic N) is 4. The van der Waals surface area contributed by atoms with Crippen LogP contribution >= 0.6 is 11.8 Å². The highest BCUT2D eigenvalue weighted by Crippen LogP contribution is 2.23. The summed E-state index contributed by atoms with van der Waals surface area (Å²) in [5, 5.41) is 13.9. The quantitative estimate of drug-likeness (QED) is 0.718. The Labute approximate surface area is 85.4 Å². The number of aromatic nitrogens is 4. The van der Waals surface area contributed by atoms with Crippen molar-refractivity contribution in [3.05, 3.63) is 0 Å². The monoisotopic (exact) mass is 213 g/mol. The number of aromatic amines is 1. The normalized spacial score (nSPS) is 24.1. The lowest BCUT2D eigenvalue weighted by molar-refractivity contribution is -0.120. The Bertz CT molecular complexity index is 314. The summed E-state index contributed by atoms with van der Waals surface area (Å²) in [5.74, 6) is 0.276. The summed E-state index contributed by atoms with van der Waals surface area (Å²) < 4.78 is 0. The van der Waals surface area contributed by atoms with Crippen molar-refractivity contribution in [1.29, 1.82) is 0 Å². The number of piperidine rings is 1. The standard InChI is InChI=1S/C7H11N5OS/c1-12-3-2-5(13)6(4-12)14-7-8-10-11-9-7/h6H,2-4H2,1H3,(H,8,9,10,11). The molecule has 14 heavy (non-hydrogen) atoms. The molecule has 1 unspecified atom stereocenters. The molecule has 1 aliphatic heterocycles. The maximum atomic E-state index is 11.5. The number of Topliss-reactive ketones (excluding diaryl/α,β-unsaturated/α-hetero) is 1. The van der Waals surface area contributed by atoms with Gasteiger partial charge in [-0.15, -0.1) is 10.2 Å². The van der Waals surface area contributed by atoms with E-state index >= 15 is 0 Å². The van der Waals surface area contributed by atoms with Gasteiger partial charge in [0.1, 0.15) is 5.78 Å². The highest BCUT2D eigenvalue weighted by Gasteiger charge is 2.27. The van der Waals surface area contributed by atoms with E-state index in [0.29, 0.717) is 11.6 Å². The molecule has 0 saturated carbocycles. The van der Waals surface area contributed by atoms with Crippen molar-refractivity contribution in [3.8, 4) is 0 Å². The Hall–Kier alpha value is -0.950. The van der Waals surface area contributed by atoms with Gasteiger partial charge in [0.15, 0.2) is 0 Å². The van der Waals surface area contributed by atoms with Crippen LogP contribution in [0.25, 0.3) is 0 Å². The molecule has 7 heteroatoms. The van der Waals surface area contributed by atoms with Crippen molar-refractivity contribution in [2.45, 2.75) is 16.8 Å². The van der Waals surface area contributed by atoms with Gasteiger partial charge < -0.3 is 4.90 Å². The zero-order chi connectivity index (χ0) is 9.97. The molecule has 1 aromatic heterocycles. The SMILES string of the molecule is CN1CCC(=O)C(Sc2nn[nH]n2)C1. The summed E-state index contributed by atoms with van der Waals surface area (Å²) in [6, 6.07) is 0. The number of likely N-dealkylation sites (tertiary alicyclic amines) is 1. The molecule has 1 N–H and O–H groups in total. The second kappa shape index (κ2) is 4.05. The Morgan fingerprint density at radius 2 is 2.50 bits per heavy atom. The van der Waals surface area contributed by atoms with E-state index in [4.69, 9.17) is 0 Å². The minimum absolute atomic E-state index is 0.0497. The first-order chi connectivity index (χ1) is 6.75. The number of nitrogens with one attached hydrogen (secondary N) is 1. The topological polar surface area (TPSA) is 74.8 Å². The molecule has 6 nitrogen and oxygen atoms in total. The molecule has 0 spiro atoms. The number of ketones is 1. The number of carbonyl (C=O) groups excluding carboxylic acids is 1. The number of rotatable bonds is 2. The van der Waals surface area contributed by atoms with Crippen LogP contribution in [0.15, 0.2) is 5.16 Å².